The number of benzene rings is 1. The fourth-order valence-electron chi connectivity index (χ4n) is 7.19. The Morgan fingerprint density at radius 3 is 1.67 bits per heavy atom. The molecule has 1 aliphatic heterocycles. The zero-order valence-corrected chi connectivity index (χ0v) is 42.3. The van der Waals surface area contributed by atoms with E-state index < -0.39 is 47.0 Å². The molecular formula is C52H77N5O11S. The summed E-state index contributed by atoms with van der Waals surface area (Å²) in [6.07, 6.45) is 21.2. The molecule has 0 saturated heterocycles. The van der Waals surface area contributed by atoms with E-state index in [1.54, 1.807) is 6.92 Å². The molecule has 0 spiro atoms. The Morgan fingerprint density at radius 2 is 1.20 bits per heavy atom. The van der Waals surface area contributed by atoms with Gasteiger partial charge in [0.15, 0.2) is 0 Å². The number of aryl methyl sites for hydroxylation is 1. The second kappa shape index (κ2) is 37.8. The van der Waals surface area contributed by atoms with Gasteiger partial charge in [-0.15, -0.1) is 0 Å². The second-order valence-corrected chi connectivity index (χ2v) is 18.1. The lowest BCUT2D eigenvalue weighted by molar-refractivity contribution is -0.152. The van der Waals surface area contributed by atoms with E-state index in [4.69, 9.17) is 23.7 Å². The zero-order valence-electron chi connectivity index (χ0n) is 41.4. The van der Waals surface area contributed by atoms with E-state index in [9.17, 15) is 39.9 Å². The number of ether oxygens (including phenoxy) is 5. The van der Waals surface area contributed by atoms with Gasteiger partial charge in [-0.3, -0.25) is 19.2 Å². The molecule has 69 heavy (non-hydrogen) atoms. The van der Waals surface area contributed by atoms with Gasteiger partial charge in [0.25, 0.3) is 0 Å². The molecule has 4 unspecified atom stereocenters. The molecule has 0 aliphatic carbocycles. The first-order valence-electron chi connectivity index (χ1n) is 24.7. The SMILES string of the molecule is CCCCCCC/C=C/CC(CC(=O)OCCOCCOCCN(CCOCCOC(=O)CC(C/C=C/CCCCCCC)C(=O)O)c1ccc(/N=N/C2SC(C#N)=C(C)C2C#N)c(C)c1)C(=O)O. The number of allylic oxidation sites excluding steroid dienone is 5. The highest BCUT2D eigenvalue weighted by Crippen LogP contribution is 2.42. The van der Waals surface area contributed by atoms with E-state index in [0.29, 0.717) is 35.9 Å². The third kappa shape index (κ3) is 26.5. The summed E-state index contributed by atoms with van der Waals surface area (Å²) in [4.78, 5) is 50.9. The summed E-state index contributed by atoms with van der Waals surface area (Å²) in [7, 11) is 0. The first kappa shape index (κ1) is 60.1. The minimum Gasteiger partial charge on any atom is -0.481 e. The maximum atomic E-state index is 12.5. The molecule has 0 fully saturated rings. The number of rotatable bonds is 40. The Kier molecular flexibility index (Phi) is 32.9. The second-order valence-electron chi connectivity index (χ2n) is 17.0. The van der Waals surface area contributed by atoms with Crippen LogP contribution < -0.4 is 4.90 Å². The molecule has 4 atom stereocenters. The van der Waals surface area contributed by atoms with Crippen LogP contribution in [0.5, 0.6) is 0 Å². The molecule has 0 aromatic heterocycles. The maximum Gasteiger partial charge on any atom is 0.307 e. The minimum atomic E-state index is -1.04. The molecule has 16 nitrogen and oxygen atoms in total. The lowest BCUT2D eigenvalue weighted by Gasteiger charge is -2.25. The van der Waals surface area contributed by atoms with Crippen molar-refractivity contribution in [3.8, 4) is 12.1 Å². The molecule has 1 aromatic rings. The summed E-state index contributed by atoms with van der Waals surface area (Å²) < 4.78 is 27.8. The van der Waals surface area contributed by atoms with E-state index in [2.05, 4.69) is 41.1 Å². The molecule has 1 heterocycles. The van der Waals surface area contributed by atoms with Crippen molar-refractivity contribution in [2.24, 2.45) is 28.0 Å². The van der Waals surface area contributed by atoms with Crippen molar-refractivity contribution < 1.29 is 53.1 Å². The third-order valence-corrected chi connectivity index (χ3v) is 12.7. The zero-order chi connectivity index (χ0) is 50.5. The predicted octanol–water partition coefficient (Wildman–Crippen LogP) is 10.8. The molecule has 0 amide bonds. The lowest BCUT2D eigenvalue weighted by Crippen LogP contribution is -2.31. The standard InChI is InChI=1S/C52H77N5O11S/c1-5-7-9-11-13-15-17-19-21-42(51(60)61)36-48(58)67-33-31-65-28-26-57(44-23-24-46(40(3)35-44)55-56-50-45(38-53)41(4)47(39-54)69-50)25-27-64-29-30-66-32-34-68-49(59)37-43(52(62)63)22-20-18-16-14-12-10-8-6-2/h17-20,23-24,35,42-43,45,50H,5-16,21-22,25-34,36-37H2,1-4H3,(H,60,61)(H,62,63)/b19-17+,20-18+,56-55+. The number of carbonyl (C=O) groups is 4. The normalized spacial score (nSPS) is 15.7. The number of nitrogens with zero attached hydrogens (tertiary/aromatic N) is 5. The number of hydrogen-bond acceptors (Lipinski definition) is 15. The largest absolute Gasteiger partial charge is 0.481 e. The van der Waals surface area contributed by atoms with Gasteiger partial charge in [-0.25, -0.2) is 0 Å². The first-order chi connectivity index (χ1) is 33.4. The Bertz CT molecular complexity index is 1890. The van der Waals surface area contributed by atoms with Gasteiger partial charge in [0.1, 0.15) is 30.6 Å². The number of hydrogen-bond donors (Lipinski definition) is 2. The van der Waals surface area contributed by atoms with Gasteiger partial charge in [-0.05, 0) is 81.7 Å². The Labute approximate surface area is 414 Å². The number of carboxylic acids is 2. The van der Waals surface area contributed by atoms with Crippen LogP contribution in [-0.4, -0.2) is 105 Å². The number of esters is 2. The fourth-order valence-corrected chi connectivity index (χ4v) is 8.30. The van der Waals surface area contributed by atoms with E-state index in [0.717, 1.165) is 49.8 Å². The third-order valence-electron chi connectivity index (χ3n) is 11.4. The summed E-state index contributed by atoms with van der Waals surface area (Å²) in [6.45, 7) is 10.3. The van der Waals surface area contributed by atoms with Crippen LogP contribution in [0.25, 0.3) is 0 Å². The van der Waals surface area contributed by atoms with Gasteiger partial charge in [0.05, 0.1) is 81.0 Å². The maximum absolute atomic E-state index is 12.5. The summed E-state index contributed by atoms with van der Waals surface area (Å²) in [5.41, 5.74) is 3.02. The van der Waals surface area contributed by atoms with Crippen LogP contribution in [0.4, 0.5) is 11.4 Å². The summed E-state index contributed by atoms with van der Waals surface area (Å²) in [5, 5.41) is 46.7. The van der Waals surface area contributed by atoms with Crippen LogP contribution in [0.15, 0.2) is 63.2 Å². The van der Waals surface area contributed by atoms with Crippen molar-refractivity contribution in [3.63, 3.8) is 0 Å². The van der Waals surface area contributed by atoms with Gasteiger partial charge in [0, 0.05) is 18.8 Å². The summed E-state index contributed by atoms with van der Waals surface area (Å²) >= 11 is 1.23. The van der Waals surface area contributed by atoms with Crippen LogP contribution in [-0.2, 0) is 42.9 Å². The van der Waals surface area contributed by atoms with Crippen LogP contribution in [0.1, 0.15) is 129 Å². The topological polar surface area (TPSA) is 230 Å². The Hall–Kier alpha value is -5.07. The van der Waals surface area contributed by atoms with Crippen molar-refractivity contribution in [2.75, 3.05) is 70.8 Å². The molecule has 17 heteroatoms. The number of unbranched alkanes of at least 4 members (excludes halogenated alkanes) is 10. The van der Waals surface area contributed by atoms with Crippen molar-refractivity contribution >= 4 is 47.0 Å². The molecule has 0 bridgehead atoms. The van der Waals surface area contributed by atoms with Crippen molar-refractivity contribution in [2.45, 2.75) is 136 Å². The number of carboxylic acid groups (broad SMARTS) is 2. The molecule has 2 rings (SSSR count). The first-order valence-corrected chi connectivity index (χ1v) is 25.6. The Morgan fingerprint density at radius 1 is 0.710 bits per heavy atom. The molecule has 0 radical (unpaired) electrons. The van der Waals surface area contributed by atoms with Crippen LogP contribution in [0.3, 0.4) is 0 Å². The number of nitriles is 2. The Balaban J connectivity index is 1.85. The average molecular weight is 980 g/mol. The molecule has 0 saturated carbocycles. The number of anilines is 1. The monoisotopic (exact) mass is 980 g/mol. The summed E-state index contributed by atoms with van der Waals surface area (Å²) in [6, 6.07) is 10.1. The average Bonchev–Trinajstić information content (AvgIpc) is 3.64. The molecule has 1 aliphatic rings. The number of azo groups is 1. The van der Waals surface area contributed by atoms with E-state index in [1.807, 2.05) is 49.4 Å². The smallest absolute Gasteiger partial charge is 0.307 e. The van der Waals surface area contributed by atoms with Crippen LogP contribution in [0, 0.1) is 47.3 Å². The van der Waals surface area contributed by atoms with Gasteiger partial charge in [-0.1, -0.05) is 101 Å². The van der Waals surface area contributed by atoms with Crippen molar-refractivity contribution in [3.05, 3.63) is 58.5 Å². The quantitative estimate of drug-likeness (QED) is 0.0270. The van der Waals surface area contributed by atoms with E-state index in [1.165, 1.54) is 50.3 Å². The molecular weight excluding hydrogens is 903 g/mol. The van der Waals surface area contributed by atoms with E-state index in [-0.39, 0.29) is 71.9 Å². The van der Waals surface area contributed by atoms with Gasteiger partial charge in [0.2, 0.25) is 0 Å². The highest BCUT2D eigenvalue weighted by Gasteiger charge is 2.34. The summed E-state index contributed by atoms with van der Waals surface area (Å²) in [5.74, 6) is -5.47. The number of carbonyl (C=O) groups excluding carboxylic acids is 2. The number of thioether (sulfide) groups is 1. The van der Waals surface area contributed by atoms with Gasteiger partial charge >= 0.3 is 23.9 Å². The molecule has 2 N–H and O–H groups in total. The van der Waals surface area contributed by atoms with Gasteiger partial charge < -0.3 is 38.8 Å². The fraction of sp³-hybridized carbons (Fsp3) is 0.654. The minimum absolute atomic E-state index is 0.00367. The highest BCUT2D eigenvalue weighted by molar-refractivity contribution is 8.04. The van der Waals surface area contributed by atoms with Crippen LogP contribution >= 0.6 is 11.8 Å². The molecule has 382 valence electrons. The van der Waals surface area contributed by atoms with E-state index >= 15 is 0 Å². The van der Waals surface area contributed by atoms with Crippen molar-refractivity contribution in [1.82, 2.24) is 0 Å². The lowest BCUT2D eigenvalue weighted by atomic mass is 10.0. The molecule has 1 aromatic carbocycles. The number of aliphatic carboxylic acids is 2. The van der Waals surface area contributed by atoms with Crippen molar-refractivity contribution in [1.29, 1.82) is 10.5 Å². The van der Waals surface area contributed by atoms with Crippen LogP contribution in [0.2, 0.25) is 0 Å². The highest BCUT2D eigenvalue weighted by atomic mass is 32.2. The predicted molar refractivity (Wildman–Crippen MR) is 267 cm³/mol. The van der Waals surface area contributed by atoms with Gasteiger partial charge in [-0.2, -0.15) is 20.8 Å².